The quantitative estimate of drug-likeness (QED) is 0.276. The van der Waals surface area contributed by atoms with E-state index in [4.69, 9.17) is 32.3 Å². The van der Waals surface area contributed by atoms with E-state index in [9.17, 15) is 0 Å². The van der Waals surface area contributed by atoms with Crippen LogP contribution < -0.4 is 5.73 Å². The highest BCUT2D eigenvalue weighted by atomic mass is 32.4. The Morgan fingerprint density at radius 3 is 1.46 bits per heavy atom. The molecule has 0 saturated carbocycles. The minimum Gasteiger partial charge on any atom is -0.374 e. The van der Waals surface area contributed by atoms with E-state index in [-0.39, 0.29) is 5.54 Å². The molecule has 0 aromatic carbocycles. The van der Waals surface area contributed by atoms with Gasteiger partial charge in [0.1, 0.15) is 0 Å². The number of nitrogens with two attached hydrogens (primary N) is 1. The van der Waals surface area contributed by atoms with Crippen molar-refractivity contribution >= 4 is 28.0 Å². The lowest BCUT2D eigenvalue weighted by molar-refractivity contribution is 0.0590. The van der Waals surface area contributed by atoms with Gasteiger partial charge < -0.3 is 32.3 Å². The molecule has 0 spiro atoms. The fourth-order valence-corrected chi connectivity index (χ4v) is 11.6. The van der Waals surface area contributed by atoms with E-state index in [1.54, 1.807) is 11.2 Å². The molecule has 1 atom stereocenters. The summed E-state index contributed by atoms with van der Waals surface area (Å²) in [5.41, 5.74) is 5.99. The molecule has 0 radical (unpaired) electrons. The maximum absolute atomic E-state index is 6.16. The zero-order chi connectivity index (χ0) is 21.3. The topological polar surface area (TPSA) is 81.4 Å². The summed E-state index contributed by atoms with van der Waals surface area (Å²) < 4.78 is 36.3. The van der Waals surface area contributed by atoms with Crippen LogP contribution in [0.15, 0.2) is 0 Å². The second kappa shape index (κ2) is 17.2. The van der Waals surface area contributed by atoms with Gasteiger partial charge in [0, 0.05) is 45.2 Å². The predicted molar refractivity (Wildman–Crippen MR) is 120 cm³/mol. The summed E-state index contributed by atoms with van der Waals surface area (Å²) >= 11 is 1.67. The van der Waals surface area contributed by atoms with Crippen molar-refractivity contribution in [2.45, 2.75) is 66.3 Å². The molecular formula is C18H43NO6SSi2. The third-order valence-electron chi connectivity index (χ3n) is 4.00. The summed E-state index contributed by atoms with van der Waals surface area (Å²) in [6.07, 6.45) is 2.73. The second-order valence-corrected chi connectivity index (χ2v) is 13.8. The van der Waals surface area contributed by atoms with Gasteiger partial charge in [0.25, 0.3) is 0 Å². The van der Waals surface area contributed by atoms with Gasteiger partial charge in [0.15, 0.2) is 0 Å². The van der Waals surface area contributed by atoms with Crippen LogP contribution in [0.5, 0.6) is 0 Å². The van der Waals surface area contributed by atoms with E-state index in [2.05, 4.69) is 0 Å². The van der Waals surface area contributed by atoms with E-state index in [1.165, 1.54) is 0 Å². The van der Waals surface area contributed by atoms with Crippen molar-refractivity contribution in [1.29, 1.82) is 0 Å². The summed E-state index contributed by atoms with van der Waals surface area (Å²) in [6.45, 7) is 16.0. The molecule has 0 saturated heterocycles. The average Bonchev–Trinajstić information content (AvgIpc) is 2.65. The third kappa shape index (κ3) is 10.0. The van der Waals surface area contributed by atoms with Crippen LogP contribution >= 0.6 is 11.2 Å². The van der Waals surface area contributed by atoms with E-state index >= 15 is 0 Å². The number of hydrogen-bond acceptors (Lipinski definition) is 8. The standard InChI is InChI=1S/C18H43NO6SSi2/c1-7-20-27(21-8-2,22-9-3)18(14-13-16-19)15-17-26-28(23-10-4,24-11-5)25-12-6/h18H,7-17,19H2,1-6H3. The molecule has 2 N–H and O–H groups in total. The van der Waals surface area contributed by atoms with Gasteiger partial charge in [0.05, 0.1) is 0 Å². The van der Waals surface area contributed by atoms with Crippen molar-refractivity contribution < 1.29 is 26.6 Å². The first-order valence-corrected chi connectivity index (χ1v) is 15.9. The second-order valence-electron chi connectivity index (χ2n) is 5.97. The van der Waals surface area contributed by atoms with Crippen molar-refractivity contribution in [2.75, 3.05) is 51.9 Å². The highest BCUT2D eigenvalue weighted by Gasteiger charge is 2.49. The first kappa shape index (κ1) is 28.5. The van der Waals surface area contributed by atoms with Crippen LogP contribution in [-0.2, 0) is 26.6 Å². The van der Waals surface area contributed by atoms with Crippen molar-refractivity contribution in [3.63, 3.8) is 0 Å². The molecule has 0 amide bonds. The van der Waals surface area contributed by atoms with Gasteiger partial charge in [-0.15, -0.1) is 0 Å². The van der Waals surface area contributed by atoms with Gasteiger partial charge >= 0.3 is 16.8 Å². The van der Waals surface area contributed by atoms with Gasteiger partial charge in [0.2, 0.25) is 0 Å². The van der Waals surface area contributed by atoms with Crippen LogP contribution in [0.1, 0.15) is 60.8 Å². The summed E-state index contributed by atoms with van der Waals surface area (Å²) in [5.74, 6) is 0.837. The first-order valence-electron chi connectivity index (χ1n) is 10.7. The van der Waals surface area contributed by atoms with E-state index in [1.807, 2.05) is 41.5 Å². The minimum atomic E-state index is -2.79. The van der Waals surface area contributed by atoms with Crippen LogP contribution in [0.3, 0.4) is 0 Å². The molecular weight excluding hydrogens is 414 g/mol. The molecule has 1 unspecified atom stereocenters. The molecule has 10 heteroatoms. The number of hydrogen-bond donors (Lipinski definition) is 1. The maximum Gasteiger partial charge on any atom is 0.573 e. The van der Waals surface area contributed by atoms with Crippen molar-refractivity contribution in [3.8, 4) is 0 Å². The zero-order valence-electron chi connectivity index (χ0n) is 18.8. The summed E-state index contributed by atoms with van der Waals surface area (Å²) in [7, 11) is -5.51. The molecule has 0 fully saturated rings. The van der Waals surface area contributed by atoms with Crippen LogP contribution in [0.2, 0.25) is 5.54 Å². The Hall–Kier alpha value is 0.504. The molecule has 0 rings (SSSR count). The molecule has 0 aromatic rings. The Morgan fingerprint density at radius 1 is 0.679 bits per heavy atom. The van der Waals surface area contributed by atoms with Crippen LogP contribution in [0.25, 0.3) is 0 Å². The van der Waals surface area contributed by atoms with Gasteiger partial charge in [-0.05, 0) is 73.1 Å². The molecule has 0 aliphatic heterocycles. The summed E-state index contributed by atoms with van der Waals surface area (Å²) in [6, 6.07) is 0. The smallest absolute Gasteiger partial charge is 0.374 e. The summed E-state index contributed by atoms with van der Waals surface area (Å²) in [5, 5.41) is 0. The van der Waals surface area contributed by atoms with Gasteiger partial charge in [-0.3, -0.25) is 0 Å². The zero-order valence-corrected chi connectivity index (χ0v) is 21.6. The van der Waals surface area contributed by atoms with Gasteiger partial charge in [-0.1, -0.05) is 11.2 Å². The monoisotopic (exact) mass is 457 g/mol. The molecule has 0 heterocycles. The highest BCUT2D eigenvalue weighted by molar-refractivity contribution is 8.26. The first-order chi connectivity index (χ1) is 13.5. The number of rotatable bonds is 20. The van der Waals surface area contributed by atoms with Gasteiger partial charge in [-0.2, -0.15) is 0 Å². The lowest BCUT2D eigenvalue weighted by atomic mass is 10.2. The van der Waals surface area contributed by atoms with Gasteiger partial charge in [-0.25, -0.2) is 0 Å². The fourth-order valence-electron chi connectivity index (χ4n) is 3.05. The fraction of sp³-hybridized carbons (Fsp3) is 1.00. The molecule has 0 aliphatic rings. The minimum absolute atomic E-state index is 0.194. The summed E-state index contributed by atoms with van der Waals surface area (Å²) in [4.78, 5) is 0. The Balaban J connectivity index is 5.31. The molecule has 0 aliphatic carbocycles. The Labute approximate surface area is 178 Å². The van der Waals surface area contributed by atoms with Crippen molar-refractivity contribution in [2.24, 2.45) is 5.73 Å². The van der Waals surface area contributed by atoms with Crippen LogP contribution in [0.4, 0.5) is 0 Å². The van der Waals surface area contributed by atoms with Crippen LogP contribution in [-0.4, -0.2) is 68.7 Å². The SMILES string of the molecule is CCO[Si](OCC)(OCC)SCCC(CCCN)[Si](OCC)(OCC)OCC. The van der Waals surface area contributed by atoms with E-state index < -0.39 is 16.8 Å². The maximum atomic E-state index is 6.16. The Bertz CT molecular complexity index is 337. The van der Waals surface area contributed by atoms with Crippen molar-refractivity contribution in [3.05, 3.63) is 0 Å². The predicted octanol–water partition coefficient (Wildman–Crippen LogP) is 3.81. The molecule has 0 aromatic heterocycles. The van der Waals surface area contributed by atoms with Crippen LogP contribution in [0, 0.1) is 0 Å². The molecule has 7 nitrogen and oxygen atoms in total. The lowest BCUT2D eigenvalue weighted by Gasteiger charge is -2.36. The molecule has 0 bridgehead atoms. The largest absolute Gasteiger partial charge is 0.573 e. The lowest BCUT2D eigenvalue weighted by Crippen LogP contribution is -2.51. The average molecular weight is 458 g/mol. The van der Waals surface area contributed by atoms with E-state index in [0.717, 1.165) is 25.0 Å². The Morgan fingerprint density at radius 2 is 1.11 bits per heavy atom. The third-order valence-corrected chi connectivity index (χ3v) is 13.1. The highest BCUT2D eigenvalue weighted by Crippen LogP contribution is 2.36. The molecule has 28 heavy (non-hydrogen) atoms. The Kier molecular flexibility index (Phi) is 17.5. The van der Waals surface area contributed by atoms with E-state index in [0.29, 0.717) is 46.2 Å². The normalized spacial score (nSPS) is 13.8. The molecule has 170 valence electrons. The van der Waals surface area contributed by atoms with Crippen molar-refractivity contribution in [1.82, 2.24) is 0 Å².